The smallest absolute Gasteiger partial charge is 0.234 e. The van der Waals surface area contributed by atoms with Crippen LogP contribution in [-0.2, 0) is 4.79 Å². The Morgan fingerprint density at radius 1 is 1.03 bits per heavy atom. The van der Waals surface area contributed by atoms with Crippen LogP contribution in [0.25, 0.3) is 17.2 Å². The molecule has 4 aromatic rings. The van der Waals surface area contributed by atoms with E-state index in [0.29, 0.717) is 22.4 Å². The molecule has 0 saturated heterocycles. The van der Waals surface area contributed by atoms with Gasteiger partial charge >= 0.3 is 0 Å². The fourth-order valence-corrected chi connectivity index (χ4v) is 4.00. The summed E-state index contributed by atoms with van der Waals surface area (Å²) in [7, 11) is 1.62. The van der Waals surface area contributed by atoms with Gasteiger partial charge in [-0.05, 0) is 55.3 Å². The summed E-state index contributed by atoms with van der Waals surface area (Å²) < 4.78 is 7.43. The molecule has 8 heteroatoms. The van der Waals surface area contributed by atoms with Crippen LogP contribution in [0.1, 0.15) is 11.1 Å². The highest BCUT2D eigenvalue weighted by atomic mass is 32.2. The average molecular weight is 446 g/mol. The number of anilines is 1. The van der Waals surface area contributed by atoms with Crippen LogP contribution in [0.5, 0.6) is 5.75 Å². The van der Waals surface area contributed by atoms with E-state index in [2.05, 4.69) is 20.5 Å². The summed E-state index contributed by atoms with van der Waals surface area (Å²) in [5.74, 6) is 1.32. The molecule has 0 aliphatic carbocycles. The van der Waals surface area contributed by atoms with Gasteiger partial charge in [-0.25, -0.2) is 0 Å². The van der Waals surface area contributed by atoms with Crippen molar-refractivity contribution in [3.63, 3.8) is 0 Å². The highest BCUT2D eigenvalue weighted by Crippen LogP contribution is 2.32. The van der Waals surface area contributed by atoms with E-state index < -0.39 is 0 Å². The third kappa shape index (κ3) is 4.50. The number of para-hydroxylation sites is 2. The highest BCUT2D eigenvalue weighted by Gasteiger charge is 2.20. The monoisotopic (exact) mass is 445 g/mol. The molecule has 4 rings (SSSR count). The van der Waals surface area contributed by atoms with Gasteiger partial charge in [0.1, 0.15) is 11.4 Å². The number of pyridine rings is 1. The third-order valence-corrected chi connectivity index (χ3v) is 5.99. The maximum Gasteiger partial charge on any atom is 0.234 e. The Kier molecular flexibility index (Phi) is 6.51. The Labute approximate surface area is 190 Å². The molecule has 0 aliphatic heterocycles. The van der Waals surface area contributed by atoms with Gasteiger partial charge in [0.2, 0.25) is 5.91 Å². The number of aryl methyl sites for hydroxylation is 1. The summed E-state index contributed by atoms with van der Waals surface area (Å²) in [5.41, 5.74) is 4.46. The Bertz CT molecular complexity index is 1240. The Morgan fingerprint density at radius 2 is 1.84 bits per heavy atom. The van der Waals surface area contributed by atoms with Crippen molar-refractivity contribution in [3.8, 4) is 23.0 Å². The second-order valence-corrected chi connectivity index (χ2v) is 8.06. The van der Waals surface area contributed by atoms with E-state index in [1.807, 2.05) is 79.1 Å². The van der Waals surface area contributed by atoms with Crippen molar-refractivity contribution >= 4 is 23.4 Å². The van der Waals surface area contributed by atoms with Gasteiger partial charge in [-0.2, -0.15) is 0 Å². The number of carbonyl (C=O) groups is 1. The summed E-state index contributed by atoms with van der Waals surface area (Å²) in [6, 6.07) is 19.1. The van der Waals surface area contributed by atoms with Gasteiger partial charge < -0.3 is 10.1 Å². The van der Waals surface area contributed by atoms with E-state index in [1.165, 1.54) is 11.8 Å². The molecule has 162 valence electrons. The number of aromatic nitrogens is 4. The van der Waals surface area contributed by atoms with Crippen LogP contribution in [0.15, 0.2) is 72.0 Å². The Morgan fingerprint density at radius 3 is 2.62 bits per heavy atom. The van der Waals surface area contributed by atoms with Crippen molar-refractivity contribution in [1.82, 2.24) is 19.7 Å². The molecule has 0 atom stereocenters. The number of thioether (sulfide) groups is 1. The molecule has 1 amide bonds. The summed E-state index contributed by atoms with van der Waals surface area (Å²) in [5, 5.41) is 12.3. The van der Waals surface area contributed by atoms with E-state index in [9.17, 15) is 4.79 Å². The van der Waals surface area contributed by atoms with Gasteiger partial charge in [0.15, 0.2) is 11.0 Å². The van der Waals surface area contributed by atoms with Crippen LogP contribution < -0.4 is 10.1 Å². The predicted octanol–water partition coefficient (Wildman–Crippen LogP) is 4.69. The molecule has 0 saturated carbocycles. The minimum Gasteiger partial charge on any atom is -0.495 e. The van der Waals surface area contributed by atoms with Crippen LogP contribution in [0.3, 0.4) is 0 Å². The van der Waals surface area contributed by atoms with Gasteiger partial charge in [-0.1, -0.05) is 42.1 Å². The second kappa shape index (κ2) is 9.65. The predicted molar refractivity (Wildman–Crippen MR) is 126 cm³/mol. The molecule has 1 N–H and O–H groups in total. The molecule has 2 aromatic carbocycles. The third-order valence-electron chi connectivity index (χ3n) is 5.06. The number of nitrogens with one attached hydrogen (secondary N) is 1. The first-order chi connectivity index (χ1) is 15.6. The standard InChI is InChI=1S/C24H23N5O2S/c1-16-9-8-11-18(17(16)2)26-22(30)15-32-24-28-27-23(19-10-6-7-14-25-19)29(24)20-12-4-5-13-21(20)31-3/h4-14H,15H2,1-3H3,(H,26,30). The Balaban J connectivity index is 1.63. The summed E-state index contributed by atoms with van der Waals surface area (Å²) in [6.45, 7) is 4.02. The van der Waals surface area contributed by atoms with Crippen LogP contribution in [0.2, 0.25) is 0 Å². The number of carbonyl (C=O) groups excluding carboxylic acids is 1. The van der Waals surface area contributed by atoms with E-state index in [-0.39, 0.29) is 11.7 Å². The van der Waals surface area contributed by atoms with Crippen molar-refractivity contribution in [2.45, 2.75) is 19.0 Å². The van der Waals surface area contributed by atoms with Crippen molar-refractivity contribution in [2.75, 3.05) is 18.2 Å². The quantitative estimate of drug-likeness (QED) is 0.416. The lowest BCUT2D eigenvalue weighted by atomic mass is 10.1. The maximum absolute atomic E-state index is 12.7. The lowest BCUT2D eigenvalue weighted by Crippen LogP contribution is -2.15. The highest BCUT2D eigenvalue weighted by molar-refractivity contribution is 7.99. The SMILES string of the molecule is COc1ccccc1-n1c(SCC(=O)Nc2cccc(C)c2C)nnc1-c1ccccn1. The van der Waals surface area contributed by atoms with Gasteiger partial charge in [-0.3, -0.25) is 14.3 Å². The van der Waals surface area contributed by atoms with Gasteiger partial charge in [0, 0.05) is 11.9 Å². The number of rotatable bonds is 7. The zero-order valence-electron chi connectivity index (χ0n) is 18.1. The Hall–Kier alpha value is -3.65. The van der Waals surface area contributed by atoms with Crippen molar-refractivity contribution in [3.05, 3.63) is 78.0 Å². The van der Waals surface area contributed by atoms with Crippen molar-refractivity contribution < 1.29 is 9.53 Å². The first-order valence-corrected chi connectivity index (χ1v) is 11.1. The lowest BCUT2D eigenvalue weighted by molar-refractivity contribution is -0.113. The minimum absolute atomic E-state index is 0.113. The number of nitrogens with zero attached hydrogens (tertiary/aromatic N) is 4. The maximum atomic E-state index is 12.7. The first kappa shape index (κ1) is 21.6. The summed E-state index contributed by atoms with van der Waals surface area (Å²) in [6.07, 6.45) is 1.71. The molecule has 0 fully saturated rings. The van der Waals surface area contributed by atoms with Crippen LogP contribution >= 0.6 is 11.8 Å². The molecule has 0 aliphatic rings. The number of hydrogen-bond donors (Lipinski definition) is 1. The van der Waals surface area contributed by atoms with E-state index in [0.717, 1.165) is 22.5 Å². The molecular weight excluding hydrogens is 422 g/mol. The molecule has 0 radical (unpaired) electrons. The molecule has 0 spiro atoms. The zero-order chi connectivity index (χ0) is 22.5. The normalized spacial score (nSPS) is 10.7. The van der Waals surface area contributed by atoms with Gasteiger partial charge in [0.25, 0.3) is 0 Å². The van der Waals surface area contributed by atoms with Gasteiger partial charge in [0.05, 0.1) is 18.6 Å². The summed E-state index contributed by atoms with van der Waals surface area (Å²) >= 11 is 1.31. The van der Waals surface area contributed by atoms with E-state index in [1.54, 1.807) is 13.3 Å². The topological polar surface area (TPSA) is 81.9 Å². The fraction of sp³-hybridized carbons (Fsp3) is 0.167. The van der Waals surface area contributed by atoms with E-state index >= 15 is 0 Å². The van der Waals surface area contributed by atoms with Crippen LogP contribution in [0, 0.1) is 13.8 Å². The molecule has 2 aromatic heterocycles. The number of amides is 1. The molecular formula is C24H23N5O2S. The van der Waals surface area contributed by atoms with Gasteiger partial charge in [-0.15, -0.1) is 10.2 Å². The largest absolute Gasteiger partial charge is 0.495 e. The fourth-order valence-electron chi connectivity index (χ4n) is 3.26. The number of hydrogen-bond acceptors (Lipinski definition) is 6. The second-order valence-electron chi connectivity index (χ2n) is 7.11. The molecule has 0 bridgehead atoms. The number of methoxy groups -OCH3 is 1. The van der Waals surface area contributed by atoms with Crippen molar-refractivity contribution in [1.29, 1.82) is 0 Å². The van der Waals surface area contributed by atoms with Crippen LogP contribution in [-0.4, -0.2) is 38.5 Å². The van der Waals surface area contributed by atoms with Crippen LogP contribution in [0.4, 0.5) is 5.69 Å². The zero-order valence-corrected chi connectivity index (χ0v) is 18.9. The van der Waals surface area contributed by atoms with Crippen molar-refractivity contribution in [2.24, 2.45) is 0 Å². The number of benzene rings is 2. The average Bonchev–Trinajstić information content (AvgIpc) is 3.25. The first-order valence-electron chi connectivity index (χ1n) is 10.1. The molecule has 7 nitrogen and oxygen atoms in total. The minimum atomic E-state index is -0.113. The molecule has 0 unspecified atom stereocenters. The molecule has 2 heterocycles. The lowest BCUT2D eigenvalue weighted by Gasteiger charge is -2.14. The number of ether oxygens (including phenoxy) is 1. The van der Waals surface area contributed by atoms with E-state index in [4.69, 9.17) is 4.74 Å². The summed E-state index contributed by atoms with van der Waals surface area (Å²) in [4.78, 5) is 17.1. The molecule has 32 heavy (non-hydrogen) atoms.